The zero-order valence-electron chi connectivity index (χ0n) is 20.5. The van der Waals surface area contributed by atoms with E-state index < -0.39 is 5.41 Å². The van der Waals surface area contributed by atoms with Gasteiger partial charge in [-0.05, 0) is 74.2 Å². The fourth-order valence-electron chi connectivity index (χ4n) is 4.13. The Morgan fingerprint density at radius 3 is 2.15 bits per heavy atom. The molecule has 0 aliphatic heterocycles. The van der Waals surface area contributed by atoms with Gasteiger partial charge in [0.05, 0.1) is 32.8 Å². The fourth-order valence-corrected chi connectivity index (χ4v) is 4.47. The molecule has 0 saturated carbocycles. The van der Waals surface area contributed by atoms with Gasteiger partial charge in [0.2, 0.25) is 0 Å². The average molecular weight is 566 g/mol. The molecule has 0 spiro atoms. The van der Waals surface area contributed by atoms with Crippen molar-refractivity contribution < 1.29 is 17.3 Å². The lowest BCUT2D eigenvalue weighted by Crippen LogP contribution is -2.32. The maximum Gasteiger partial charge on any atom is 0.192 e. The summed E-state index contributed by atoms with van der Waals surface area (Å²) in [7, 11) is 7.01. The van der Waals surface area contributed by atoms with Crippen molar-refractivity contribution >= 4 is 23.0 Å². The van der Waals surface area contributed by atoms with Gasteiger partial charge in [-0.2, -0.15) is 5.26 Å². The molecule has 0 bridgehead atoms. The van der Waals surface area contributed by atoms with Gasteiger partial charge in [-0.25, -0.2) is 0 Å². The zero-order valence-corrected chi connectivity index (χ0v) is 22.6. The predicted octanol–water partition coefficient (Wildman–Crippen LogP) is 5.81. The van der Waals surface area contributed by atoms with Gasteiger partial charge in [0.25, 0.3) is 0 Å². The molecule has 0 radical (unpaired) electrons. The second-order valence-corrected chi connectivity index (χ2v) is 8.97. The molecule has 6 nitrogen and oxygen atoms in total. The van der Waals surface area contributed by atoms with Gasteiger partial charge in [0, 0.05) is 6.54 Å². The molecule has 2 aromatic carbocycles. The quantitative estimate of drug-likeness (QED) is 0.285. The van der Waals surface area contributed by atoms with Gasteiger partial charge >= 0.3 is 0 Å². The Balaban J connectivity index is 2.02. The molecule has 7 heteroatoms. The van der Waals surface area contributed by atoms with E-state index in [1.165, 1.54) is 5.56 Å². The first kappa shape index (κ1) is 27.1. The van der Waals surface area contributed by atoms with Gasteiger partial charge in [0.1, 0.15) is 0 Å². The van der Waals surface area contributed by atoms with E-state index in [0.29, 0.717) is 11.5 Å². The Morgan fingerprint density at radius 1 is 0.939 bits per heavy atom. The smallest absolute Gasteiger partial charge is 0.192 e. The average Bonchev–Trinajstić information content (AvgIpc) is 2.84. The van der Waals surface area contributed by atoms with Crippen LogP contribution in [0.15, 0.2) is 36.4 Å². The molecular formula is C26H35IN2O4. The normalized spacial score (nSPS) is 12.8. The van der Waals surface area contributed by atoms with Crippen LogP contribution in [-0.2, 0) is 11.8 Å². The first-order chi connectivity index (χ1) is 15.8. The van der Waals surface area contributed by atoms with Crippen LogP contribution in [0.5, 0.6) is 23.0 Å². The van der Waals surface area contributed by atoms with Gasteiger partial charge in [-0.3, -0.25) is 0 Å². The molecule has 33 heavy (non-hydrogen) atoms. The molecule has 0 N–H and O–H groups in total. The van der Waals surface area contributed by atoms with E-state index in [4.69, 9.17) is 17.3 Å². The van der Waals surface area contributed by atoms with Crippen LogP contribution in [0.3, 0.4) is 0 Å². The summed E-state index contributed by atoms with van der Waals surface area (Å²) < 4.78 is 21.5. The molecule has 2 rings (SSSR count). The summed E-state index contributed by atoms with van der Waals surface area (Å²) in [6.45, 7) is 6.06. The first-order valence-electron chi connectivity index (χ1n) is 11.1. The van der Waals surface area contributed by atoms with E-state index in [0.717, 1.165) is 49.4 Å². The highest BCUT2D eigenvalue weighted by molar-refractivity contribution is 14.1. The molecule has 0 aromatic heterocycles. The second kappa shape index (κ2) is 12.9. The largest absolute Gasteiger partial charge is 0.493 e. The van der Waals surface area contributed by atoms with Crippen molar-refractivity contribution in [3.05, 3.63) is 47.5 Å². The molecule has 0 saturated heterocycles. The van der Waals surface area contributed by atoms with Gasteiger partial charge in [0.15, 0.2) is 46.0 Å². The van der Waals surface area contributed by atoms with E-state index in [1.807, 2.05) is 53.3 Å². The molecule has 0 aliphatic rings. The van der Waals surface area contributed by atoms with Crippen LogP contribution < -0.4 is 17.3 Å². The van der Waals surface area contributed by atoms with Crippen molar-refractivity contribution in [3.8, 4) is 29.1 Å². The van der Waals surface area contributed by atoms with Crippen molar-refractivity contribution in [1.82, 2.24) is 4.90 Å². The Labute approximate surface area is 212 Å². The van der Waals surface area contributed by atoms with Crippen molar-refractivity contribution in [2.75, 3.05) is 41.5 Å². The van der Waals surface area contributed by atoms with Crippen molar-refractivity contribution in [3.63, 3.8) is 0 Å². The molecular weight excluding hydrogens is 531 g/mol. The van der Waals surface area contributed by atoms with Gasteiger partial charge in [-0.15, -0.1) is 0 Å². The monoisotopic (exact) mass is 566 g/mol. The third-order valence-corrected chi connectivity index (χ3v) is 6.76. The lowest BCUT2D eigenvalue weighted by Gasteiger charge is -2.32. The summed E-state index contributed by atoms with van der Waals surface area (Å²) in [6.07, 6.45) is 2.61. The number of methoxy groups -OCH3 is 3. The van der Waals surface area contributed by atoms with E-state index in [9.17, 15) is 5.26 Å². The summed E-state index contributed by atoms with van der Waals surface area (Å²) in [5.41, 5.74) is 1.60. The third-order valence-electron chi connectivity index (χ3n) is 6.29. The zero-order chi connectivity index (χ0) is 24.4. The minimum absolute atomic E-state index is 0.164. The SMILES string of the molecule is COc1ccc(C(C#N)(CCCN(C)CCc2ccc(OC)c(OI)c2)C(C)C)cc1OC. The summed E-state index contributed by atoms with van der Waals surface area (Å²) in [4.78, 5) is 2.31. The topological polar surface area (TPSA) is 64.0 Å². The molecule has 2 aromatic rings. The van der Waals surface area contributed by atoms with Crippen LogP contribution in [0, 0.1) is 17.2 Å². The summed E-state index contributed by atoms with van der Waals surface area (Å²) in [6, 6.07) is 14.5. The Morgan fingerprint density at radius 2 is 1.58 bits per heavy atom. The molecule has 0 heterocycles. The number of likely N-dealkylation sites (N-methyl/N-ethyl adjacent to an activating group) is 1. The Bertz CT molecular complexity index is 944. The van der Waals surface area contributed by atoms with Crippen molar-refractivity contribution in [2.45, 2.75) is 38.5 Å². The predicted molar refractivity (Wildman–Crippen MR) is 140 cm³/mol. The highest BCUT2D eigenvalue weighted by Gasteiger charge is 2.36. The number of halogens is 1. The minimum Gasteiger partial charge on any atom is -0.493 e. The molecule has 1 atom stereocenters. The molecule has 0 aliphatic carbocycles. The number of ether oxygens (including phenoxy) is 3. The number of hydrogen-bond donors (Lipinski definition) is 0. The lowest BCUT2D eigenvalue weighted by atomic mass is 9.69. The number of benzene rings is 2. The highest BCUT2D eigenvalue weighted by Crippen LogP contribution is 2.40. The van der Waals surface area contributed by atoms with E-state index >= 15 is 0 Å². The van der Waals surface area contributed by atoms with Crippen LogP contribution in [-0.4, -0.2) is 46.4 Å². The maximum atomic E-state index is 10.2. The van der Waals surface area contributed by atoms with Crippen LogP contribution in [0.4, 0.5) is 0 Å². The summed E-state index contributed by atoms with van der Waals surface area (Å²) >= 11 is 1.88. The van der Waals surface area contributed by atoms with Crippen molar-refractivity contribution in [2.24, 2.45) is 5.92 Å². The summed E-state index contributed by atoms with van der Waals surface area (Å²) in [5, 5.41) is 10.2. The van der Waals surface area contributed by atoms with E-state index in [1.54, 1.807) is 21.3 Å². The highest BCUT2D eigenvalue weighted by atomic mass is 127. The second-order valence-electron chi connectivity index (χ2n) is 8.53. The van der Waals surface area contributed by atoms with Crippen molar-refractivity contribution in [1.29, 1.82) is 5.26 Å². The number of rotatable bonds is 13. The fraction of sp³-hybridized carbons (Fsp3) is 0.500. The molecule has 1 unspecified atom stereocenters. The van der Waals surface area contributed by atoms with Crippen LogP contribution in [0.2, 0.25) is 0 Å². The Kier molecular flexibility index (Phi) is 10.6. The lowest BCUT2D eigenvalue weighted by molar-refractivity contribution is 0.292. The standard InChI is InChI=1S/C26H35IN2O4/c1-19(2)26(18-28,21-9-11-22(30-4)24(17-21)32-6)13-7-14-29(3)15-12-20-8-10-23(31-5)25(16-20)33-27/h8-11,16-17,19H,7,12-15H2,1-6H3. The number of nitrogens with zero attached hydrogens (tertiary/aromatic N) is 2. The Hall–Kier alpha value is -2.18. The summed E-state index contributed by atoms with van der Waals surface area (Å²) in [5.74, 6) is 2.96. The van der Waals surface area contributed by atoms with Crippen LogP contribution in [0.1, 0.15) is 37.8 Å². The number of nitriles is 1. The van der Waals surface area contributed by atoms with Crippen LogP contribution in [0.25, 0.3) is 0 Å². The first-order valence-corrected chi connectivity index (χ1v) is 12.0. The van der Waals surface area contributed by atoms with E-state index in [2.05, 4.69) is 37.9 Å². The van der Waals surface area contributed by atoms with Gasteiger partial charge < -0.3 is 22.2 Å². The molecule has 0 amide bonds. The van der Waals surface area contributed by atoms with E-state index in [-0.39, 0.29) is 5.92 Å². The third kappa shape index (κ3) is 6.67. The molecule has 180 valence electrons. The van der Waals surface area contributed by atoms with Gasteiger partial charge in [-0.1, -0.05) is 26.0 Å². The number of hydrogen-bond acceptors (Lipinski definition) is 6. The molecule has 0 fully saturated rings. The maximum absolute atomic E-state index is 10.2. The minimum atomic E-state index is -0.580. The van der Waals surface area contributed by atoms with Crippen LogP contribution >= 0.6 is 23.0 Å².